The summed E-state index contributed by atoms with van der Waals surface area (Å²) in [6.07, 6.45) is 1.42. The number of carbonyl (C=O) groups excluding carboxylic acids is 1. The highest BCUT2D eigenvalue weighted by molar-refractivity contribution is 7.07. The number of aromatic nitrogens is 1. The molecular formula is C25H21N3O8S. The Morgan fingerprint density at radius 1 is 1.30 bits per heavy atom. The lowest BCUT2D eigenvalue weighted by atomic mass is 9.95. The quantitative estimate of drug-likeness (QED) is 0.274. The molecule has 3 heterocycles. The summed E-state index contributed by atoms with van der Waals surface area (Å²) in [6, 6.07) is 8.92. The summed E-state index contributed by atoms with van der Waals surface area (Å²) in [5.74, 6) is 0.485. The first kappa shape index (κ1) is 24.3. The fourth-order valence-corrected chi connectivity index (χ4v) is 5.38. The smallest absolute Gasteiger partial charge is 0.338 e. The van der Waals surface area contributed by atoms with Gasteiger partial charge in [0.2, 0.25) is 6.79 Å². The molecule has 12 heteroatoms. The van der Waals surface area contributed by atoms with Gasteiger partial charge in [0.25, 0.3) is 11.2 Å². The fraction of sp³-hybridized carbons (Fsp3) is 0.240. The molecule has 2 aromatic carbocycles. The molecule has 0 N–H and O–H groups in total. The summed E-state index contributed by atoms with van der Waals surface area (Å²) >= 11 is 1.06. The number of rotatable bonds is 6. The molecule has 2 aliphatic rings. The van der Waals surface area contributed by atoms with Crippen molar-refractivity contribution >= 4 is 29.1 Å². The summed E-state index contributed by atoms with van der Waals surface area (Å²) in [6.45, 7) is 3.47. The van der Waals surface area contributed by atoms with Gasteiger partial charge in [0.15, 0.2) is 16.3 Å². The van der Waals surface area contributed by atoms with Crippen LogP contribution < -0.4 is 29.1 Å². The number of para-hydroxylation sites is 1. The van der Waals surface area contributed by atoms with E-state index in [2.05, 4.69) is 4.99 Å². The van der Waals surface area contributed by atoms with E-state index in [1.54, 1.807) is 38.1 Å². The zero-order valence-electron chi connectivity index (χ0n) is 20.0. The summed E-state index contributed by atoms with van der Waals surface area (Å²) in [5, 5.41) is 11.7. The van der Waals surface area contributed by atoms with Gasteiger partial charge in [0.05, 0.1) is 46.1 Å². The van der Waals surface area contributed by atoms with Crippen molar-refractivity contribution in [3.8, 4) is 17.2 Å². The minimum atomic E-state index is -0.875. The second kappa shape index (κ2) is 9.54. The van der Waals surface area contributed by atoms with E-state index in [0.29, 0.717) is 27.6 Å². The molecule has 11 nitrogen and oxygen atoms in total. The number of esters is 1. The third-order valence-corrected chi connectivity index (χ3v) is 6.94. The van der Waals surface area contributed by atoms with Gasteiger partial charge in [-0.2, -0.15) is 0 Å². The van der Waals surface area contributed by atoms with Gasteiger partial charge in [-0.15, -0.1) is 0 Å². The first-order chi connectivity index (χ1) is 17.8. The number of nitrogens with zero attached hydrogens (tertiary/aromatic N) is 3. The van der Waals surface area contributed by atoms with Gasteiger partial charge in [0, 0.05) is 5.56 Å². The molecule has 0 saturated heterocycles. The van der Waals surface area contributed by atoms with Crippen LogP contribution in [0, 0.1) is 10.1 Å². The summed E-state index contributed by atoms with van der Waals surface area (Å²) in [4.78, 5) is 42.9. The molecule has 37 heavy (non-hydrogen) atoms. The second-order valence-electron chi connectivity index (χ2n) is 8.07. The van der Waals surface area contributed by atoms with Crippen LogP contribution in [0.1, 0.15) is 31.0 Å². The van der Waals surface area contributed by atoms with Gasteiger partial charge in [-0.05, 0) is 32.1 Å². The number of methoxy groups -OCH3 is 1. The third-order valence-electron chi connectivity index (χ3n) is 5.96. The van der Waals surface area contributed by atoms with Crippen molar-refractivity contribution in [2.24, 2.45) is 4.99 Å². The van der Waals surface area contributed by atoms with Crippen molar-refractivity contribution in [2.75, 3.05) is 20.5 Å². The molecule has 0 spiro atoms. The SMILES string of the molecule is CCOC(=O)C1=C(C)N=c2sc(=Cc3cc4c(cc3[N+](=O)[O-])OCO4)c(=O)n2C1c1ccccc1OC. The van der Waals surface area contributed by atoms with Crippen molar-refractivity contribution in [3.63, 3.8) is 0 Å². The van der Waals surface area contributed by atoms with Crippen LogP contribution in [0.25, 0.3) is 6.08 Å². The highest BCUT2D eigenvalue weighted by atomic mass is 32.1. The van der Waals surface area contributed by atoms with E-state index in [-0.39, 0.29) is 40.5 Å². The van der Waals surface area contributed by atoms with Gasteiger partial charge in [-0.3, -0.25) is 19.5 Å². The van der Waals surface area contributed by atoms with E-state index in [0.717, 1.165) is 11.3 Å². The van der Waals surface area contributed by atoms with Crippen LogP contribution in [-0.2, 0) is 9.53 Å². The van der Waals surface area contributed by atoms with Crippen molar-refractivity contribution in [3.05, 3.63) is 88.6 Å². The van der Waals surface area contributed by atoms with Crippen LogP contribution in [0.4, 0.5) is 5.69 Å². The number of hydrogen-bond donors (Lipinski definition) is 0. The van der Waals surface area contributed by atoms with Gasteiger partial charge in [-0.25, -0.2) is 9.79 Å². The molecule has 190 valence electrons. The van der Waals surface area contributed by atoms with Crippen LogP contribution in [0.5, 0.6) is 17.2 Å². The molecule has 1 aromatic heterocycles. The molecule has 0 saturated carbocycles. The van der Waals surface area contributed by atoms with E-state index < -0.39 is 22.5 Å². The number of benzene rings is 2. The Kier molecular flexibility index (Phi) is 6.25. The molecule has 2 aliphatic heterocycles. The van der Waals surface area contributed by atoms with Gasteiger partial charge >= 0.3 is 5.97 Å². The summed E-state index contributed by atoms with van der Waals surface area (Å²) < 4.78 is 23.0. The number of ether oxygens (including phenoxy) is 4. The van der Waals surface area contributed by atoms with Crippen molar-refractivity contribution in [1.29, 1.82) is 0 Å². The largest absolute Gasteiger partial charge is 0.496 e. The Morgan fingerprint density at radius 2 is 2.03 bits per heavy atom. The zero-order valence-corrected chi connectivity index (χ0v) is 20.9. The number of nitro groups is 1. The Hall–Kier alpha value is -4.45. The van der Waals surface area contributed by atoms with Crippen molar-refractivity contribution in [2.45, 2.75) is 19.9 Å². The lowest BCUT2D eigenvalue weighted by Gasteiger charge is -2.25. The molecular weight excluding hydrogens is 502 g/mol. The van der Waals surface area contributed by atoms with E-state index in [9.17, 15) is 19.7 Å². The highest BCUT2D eigenvalue weighted by Gasteiger charge is 2.35. The van der Waals surface area contributed by atoms with E-state index >= 15 is 0 Å². The minimum absolute atomic E-state index is 0.0487. The molecule has 0 aliphatic carbocycles. The standard InChI is InChI=1S/C25H21N3O8S/c1-4-34-24(30)21-13(2)26-25-27(22(21)15-7-5-6-8-17(15)33-3)23(29)20(37-25)10-14-9-18-19(36-12-35-18)11-16(14)28(31)32/h5-11,22H,4,12H2,1-3H3. The Labute approximate surface area is 213 Å². The number of nitro benzene ring substituents is 1. The van der Waals surface area contributed by atoms with Crippen molar-refractivity contribution in [1.82, 2.24) is 4.57 Å². The maximum absolute atomic E-state index is 13.8. The van der Waals surface area contributed by atoms with Crippen LogP contribution >= 0.6 is 11.3 Å². The molecule has 1 atom stereocenters. The van der Waals surface area contributed by atoms with E-state index in [4.69, 9.17) is 18.9 Å². The van der Waals surface area contributed by atoms with Crippen LogP contribution in [0.15, 0.2) is 57.5 Å². The average Bonchev–Trinajstić information content (AvgIpc) is 3.46. The number of hydrogen-bond acceptors (Lipinski definition) is 10. The number of thiazole rings is 1. The van der Waals surface area contributed by atoms with Gasteiger partial charge < -0.3 is 18.9 Å². The molecule has 0 bridgehead atoms. The van der Waals surface area contributed by atoms with E-state index in [1.165, 1.54) is 29.9 Å². The lowest BCUT2D eigenvalue weighted by Crippen LogP contribution is -2.40. The predicted octanol–water partition coefficient (Wildman–Crippen LogP) is 2.44. The molecule has 0 fully saturated rings. The van der Waals surface area contributed by atoms with Crippen LogP contribution in [0.2, 0.25) is 0 Å². The van der Waals surface area contributed by atoms with Crippen LogP contribution in [-0.4, -0.2) is 36.0 Å². The molecule has 1 unspecified atom stereocenters. The van der Waals surface area contributed by atoms with Crippen LogP contribution in [0.3, 0.4) is 0 Å². The number of carbonyl (C=O) groups is 1. The summed E-state index contributed by atoms with van der Waals surface area (Å²) in [7, 11) is 1.50. The zero-order chi connectivity index (χ0) is 26.3. The summed E-state index contributed by atoms with van der Waals surface area (Å²) in [5.41, 5.74) is 0.648. The third kappa shape index (κ3) is 4.14. The maximum Gasteiger partial charge on any atom is 0.338 e. The van der Waals surface area contributed by atoms with E-state index in [1.807, 2.05) is 0 Å². The highest BCUT2D eigenvalue weighted by Crippen LogP contribution is 2.38. The normalized spacial score (nSPS) is 16.3. The Bertz CT molecular complexity index is 1650. The first-order valence-electron chi connectivity index (χ1n) is 11.2. The number of fused-ring (bicyclic) bond motifs is 2. The maximum atomic E-state index is 13.8. The Balaban J connectivity index is 1.76. The lowest BCUT2D eigenvalue weighted by molar-refractivity contribution is -0.385. The molecule has 3 aromatic rings. The number of allylic oxidation sites excluding steroid dienone is 1. The average molecular weight is 524 g/mol. The molecule has 0 radical (unpaired) electrons. The molecule has 5 rings (SSSR count). The van der Waals surface area contributed by atoms with Gasteiger partial charge in [0.1, 0.15) is 11.8 Å². The fourth-order valence-electron chi connectivity index (χ4n) is 4.34. The first-order valence-corrected chi connectivity index (χ1v) is 12.1. The van der Waals surface area contributed by atoms with Gasteiger partial charge in [-0.1, -0.05) is 29.5 Å². The molecule has 0 amide bonds. The monoisotopic (exact) mass is 523 g/mol. The van der Waals surface area contributed by atoms with Crippen molar-refractivity contribution < 1.29 is 28.7 Å². The predicted molar refractivity (Wildman–Crippen MR) is 133 cm³/mol. The topological polar surface area (TPSA) is 131 Å². The second-order valence-corrected chi connectivity index (χ2v) is 9.07. The Morgan fingerprint density at radius 3 is 2.73 bits per heavy atom. The minimum Gasteiger partial charge on any atom is -0.496 e.